The highest BCUT2D eigenvalue weighted by Gasteiger charge is 2.56. The quantitative estimate of drug-likeness (QED) is 0.529. The molecule has 2 saturated heterocycles. The number of fused-ring (bicyclic) bond motifs is 1. The summed E-state index contributed by atoms with van der Waals surface area (Å²) in [7, 11) is 0. The van der Waals surface area contributed by atoms with Crippen LogP contribution in [0.5, 0.6) is 0 Å². The van der Waals surface area contributed by atoms with E-state index in [2.05, 4.69) is 15.6 Å². The van der Waals surface area contributed by atoms with Crippen LogP contribution < -0.4 is 11.1 Å². The fourth-order valence-corrected chi connectivity index (χ4v) is 3.05. The van der Waals surface area contributed by atoms with Gasteiger partial charge in [0.1, 0.15) is 24.0 Å². The number of aliphatic hydroxyl groups excluding tert-OH is 1. The molecule has 0 saturated carbocycles. The number of aromatic nitrogens is 3. The summed E-state index contributed by atoms with van der Waals surface area (Å²) in [4.78, 5) is 22.3. The van der Waals surface area contributed by atoms with Gasteiger partial charge in [0.25, 0.3) is 0 Å². The second-order valence-corrected chi connectivity index (χ2v) is 6.75. The number of nitrogens with two attached hydrogens (primary N) is 1. The van der Waals surface area contributed by atoms with Gasteiger partial charge in [-0.3, -0.25) is 9.59 Å². The summed E-state index contributed by atoms with van der Waals surface area (Å²) >= 11 is 0. The Kier molecular flexibility index (Phi) is 5.23. The van der Waals surface area contributed by atoms with Crippen LogP contribution in [-0.2, 0) is 30.3 Å². The van der Waals surface area contributed by atoms with E-state index in [1.54, 1.807) is 20.0 Å². The number of carbonyl (C=O) groups is 2. The first kappa shape index (κ1) is 18.7. The average molecular weight is 369 g/mol. The number of primary amides is 1. The summed E-state index contributed by atoms with van der Waals surface area (Å²) < 4.78 is 18.9. The molecule has 144 valence electrons. The highest BCUT2D eigenvalue weighted by atomic mass is 16.8. The fourth-order valence-electron chi connectivity index (χ4n) is 3.05. The zero-order valence-electron chi connectivity index (χ0n) is 14.6. The first-order valence-corrected chi connectivity index (χ1v) is 8.37. The Morgan fingerprint density at radius 2 is 2.08 bits per heavy atom. The second kappa shape index (κ2) is 7.27. The van der Waals surface area contributed by atoms with Gasteiger partial charge in [-0.1, -0.05) is 5.21 Å². The Bertz CT molecular complexity index is 677. The molecule has 3 rings (SSSR count). The minimum atomic E-state index is -0.775. The van der Waals surface area contributed by atoms with Gasteiger partial charge in [0.15, 0.2) is 12.0 Å². The third kappa shape index (κ3) is 4.01. The van der Waals surface area contributed by atoms with Crippen LogP contribution >= 0.6 is 0 Å². The van der Waals surface area contributed by atoms with Gasteiger partial charge in [0.05, 0.1) is 19.3 Å². The number of rotatable bonds is 7. The van der Waals surface area contributed by atoms with Gasteiger partial charge in [0.2, 0.25) is 11.8 Å². The molecule has 2 aliphatic rings. The van der Waals surface area contributed by atoms with Crippen molar-refractivity contribution < 1.29 is 28.9 Å². The molecular weight excluding hydrogens is 346 g/mol. The second-order valence-electron chi connectivity index (χ2n) is 6.75. The van der Waals surface area contributed by atoms with Crippen LogP contribution in [-0.4, -0.2) is 62.6 Å². The van der Waals surface area contributed by atoms with Crippen molar-refractivity contribution in [3.63, 3.8) is 0 Å². The third-order valence-corrected chi connectivity index (χ3v) is 4.19. The maximum absolute atomic E-state index is 11.6. The van der Waals surface area contributed by atoms with Crippen LogP contribution in [0, 0.1) is 0 Å². The van der Waals surface area contributed by atoms with E-state index in [9.17, 15) is 14.7 Å². The SMILES string of the molecule is CC1(C)O[C@@H]2[C@H](O1)[C@@H](CO)O[C@H]2n1cc(CNC(=O)CCC(N)=O)nn1. The molecule has 2 amide bonds. The molecule has 26 heavy (non-hydrogen) atoms. The summed E-state index contributed by atoms with van der Waals surface area (Å²) in [6, 6.07) is 0. The lowest BCUT2D eigenvalue weighted by Gasteiger charge is -2.23. The summed E-state index contributed by atoms with van der Waals surface area (Å²) in [6.07, 6.45) is -0.295. The van der Waals surface area contributed by atoms with Crippen molar-refractivity contribution in [2.75, 3.05) is 6.61 Å². The van der Waals surface area contributed by atoms with Crippen LogP contribution in [0.2, 0.25) is 0 Å². The molecule has 1 aromatic heterocycles. The van der Waals surface area contributed by atoms with Gasteiger partial charge in [-0.2, -0.15) is 0 Å². The van der Waals surface area contributed by atoms with Crippen molar-refractivity contribution in [1.29, 1.82) is 0 Å². The molecule has 2 fully saturated rings. The number of amides is 2. The van der Waals surface area contributed by atoms with Crippen LogP contribution in [0.15, 0.2) is 6.20 Å². The van der Waals surface area contributed by atoms with E-state index < -0.39 is 36.2 Å². The van der Waals surface area contributed by atoms with Gasteiger partial charge in [-0.05, 0) is 13.8 Å². The lowest BCUT2D eigenvalue weighted by atomic mass is 10.1. The summed E-state index contributed by atoms with van der Waals surface area (Å²) in [5.74, 6) is -1.60. The topological polar surface area (TPSA) is 151 Å². The average Bonchev–Trinajstić information content (AvgIpc) is 3.23. The van der Waals surface area contributed by atoms with Crippen molar-refractivity contribution in [3.05, 3.63) is 11.9 Å². The molecule has 0 aliphatic carbocycles. The van der Waals surface area contributed by atoms with Crippen molar-refractivity contribution in [1.82, 2.24) is 20.3 Å². The first-order chi connectivity index (χ1) is 12.3. The molecule has 0 spiro atoms. The van der Waals surface area contributed by atoms with Gasteiger partial charge < -0.3 is 30.4 Å². The van der Waals surface area contributed by atoms with E-state index in [4.69, 9.17) is 19.9 Å². The minimum absolute atomic E-state index is 0.00677. The molecule has 2 aliphatic heterocycles. The smallest absolute Gasteiger partial charge is 0.220 e. The predicted octanol–water partition coefficient (Wildman–Crippen LogP) is -1.43. The van der Waals surface area contributed by atoms with E-state index >= 15 is 0 Å². The maximum atomic E-state index is 11.6. The molecule has 1 aromatic rings. The number of aliphatic hydroxyl groups is 1. The van der Waals surface area contributed by atoms with Crippen LogP contribution in [0.4, 0.5) is 0 Å². The van der Waals surface area contributed by atoms with Crippen molar-refractivity contribution in [2.45, 2.75) is 63.6 Å². The van der Waals surface area contributed by atoms with Crippen molar-refractivity contribution >= 4 is 11.8 Å². The molecule has 11 nitrogen and oxygen atoms in total. The standard InChI is InChI=1S/C15H23N5O6/c1-15(2)25-12-9(7-21)24-14(13(12)26-15)20-6-8(18-19-20)5-17-11(23)4-3-10(16)22/h6,9,12-14,21H,3-5,7H2,1-2H3,(H2,16,22)(H,17,23)/t9-,12-,13-,14-/m1/s1. The Labute approximate surface area is 149 Å². The molecule has 11 heteroatoms. The summed E-state index contributed by atoms with van der Waals surface area (Å²) in [5.41, 5.74) is 5.52. The monoisotopic (exact) mass is 369 g/mol. The molecule has 0 unspecified atom stereocenters. The molecular formula is C15H23N5O6. The van der Waals surface area contributed by atoms with E-state index in [1.807, 2.05) is 0 Å². The summed E-state index contributed by atoms with van der Waals surface area (Å²) in [6.45, 7) is 3.55. The Balaban J connectivity index is 1.61. The minimum Gasteiger partial charge on any atom is -0.394 e. The number of hydrogen-bond donors (Lipinski definition) is 3. The molecule has 4 atom stereocenters. The predicted molar refractivity (Wildman–Crippen MR) is 85.1 cm³/mol. The number of nitrogens with one attached hydrogen (secondary N) is 1. The van der Waals surface area contributed by atoms with Gasteiger partial charge in [-0.25, -0.2) is 4.68 Å². The number of hydrogen-bond acceptors (Lipinski definition) is 8. The van der Waals surface area contributed by atoms with Crippen molar-refractivity contribution in [2.24, 2.45) is 5.73 Å². The van der Waals surface area contributed by atoms with Crippen molar-refractivity contribution in [3.8, 4) is 0 Å². The largest absolute Gasteiger partial charge is 0.394 e. The van der Waals surface area contributed by atoms with Crippen LogP contribution in [0.1, 0.15) is 38.6 Å². The Hall–Kier alpha value is -2.08. The van der Waals surface area contributed by atoms with Crippen LogP contribution in [0.3, 0.4) is 0 Å². The Morgan fingerprint density at radius 1 is 1.35 bits per heavy atom. The molecule has 4 N–H and O–H groups in total. The number of nitrogens with zero attached hydrogens (tertiary/aromatic N) is 3. The highest BCUT2D eigenvalue weighted by molar-refractivity contribution is 5.82. The number of carbonyl (C=O) groups excluding carboxylic acids is 2. The third-order valence-electron chi connectivity index (χ3n) is 4.19. The number of ether oxygens (including phenoxy) is 3. The van der Waals surface area contributed by atoms with Gasteiger partial charge in [-0.15, -0.1) is 5.10 Å². The van der Waals surface area contributed by atoms with E-state index in [0.717, 1.165) is 0 Å². The summed E-state index contributed by atoms with van der Waals surface area (Å²) in [5, 5.41) is 20.2. The molecule has 0 radical (unpaired) electrons. The Morgan fingerprint density at radius 3 is 2.77 bits per heavy atom. The maximum Gasteiger partial charge on any atom is 0.220 e. The van der Waals surface area contributed by atoms with Gasteiger partial charge >= 0.3 is 0 Å². The zero-order chi connectivity index (χ0) is 18.9. The lowest BCUT2D eigenvalue weighted by Crippen LogP contribution is -2.31. The van der Waals surface area contributed by atoms with Crippen LogP contribution in [0.25, 0.3) is 0 Å². The normalized spacial score (nSPS) is 29.5. The van der Waals surface area contributed by atoms with Gasteiger partial charge in [0, 0.05) is 12.8 Å². The van der Waals surface area contributed by atoms with E-state index in [1.165, 1.54) is 4.68 Å². The first-order valence-electron chi connectivity index (χ1n) is 8.37. The lowest BCUT2D eigenvalue weighted by molar-refractivity contribution is -0.201. The van der Waals surface area contributed by atoms with E-state index in [-0.39, 0.29) is 31.9 Å². The molecule has 0 bridgehead atoms. The van der Waals surface area contributed by atoms with E-state index in [0.29, 0.717) is 5.69 Å². The highest BCUT2D eigenvalue weighted by Crippen LogP contribution is 2.42. The zero-order valence-corrected chi connectivity index (χ0v) is 14.6. The molecule has 0 aromatic carbocycles. The fraction of sp³-hybridized carbons (Fsp3) is 0.733. The molecule has 3 heterocycles.